The van der Waals surface area contributed by atoms with Gasteiger partial charge in [-0.05, 0) is 61.9 Å². The Labute approximate surface area is 197 Å². The molecule has 0 N–H and O–H groups in total. The Morgan fingerprint density at radius 3 is 2.36 bits per heavy atom. The van der Waals surface area contributed by atoms with Crippen LogP contribution in [0.25, 0.3) is 0 Å². The molecule has 0 unspecified atom stereocenters. The molecule has 0 atom stereocenters. The van der Waals surface area contributed by atoms with E-state index in [2.05, 4.69) is 17.9 Å². The highest BCUT2D eigenvalue weighted by Crippen LogP contribution is 2.31. The summed E-state index contributed by atoms with van der Waals surface area (Å²) in [7, 11) is 5.28. The molecule has 0 bridgehead atoms. The van der Waals surface area contributed by atoms with Gasteiger partial charge >= 0.3 is 0 Å². The molecule has 0 aliphatic carbocycles. The van der Waals surface area contributed by atoms with Crippen molar-refractivity contribution in [3.8, 4) is 17.2 Å². The van der Waals surface area contributed by atoms with Crippen molar-refractivity contribution >= 4 is 5.91 Å². The fraction of sp³-hybridized carbons (Fsp3) is 0.500. The average Bonchev–Trinajstić information content (AvgIpc) is 2.80. The lowest BCUT2D eigenvalue weighted by molar-refractivity contribution is -0.134. The SMILES string of the molecule is COc1cc(C)c(CN2CCN(C(=O)CN(C)CCOc3cccc(C)c3)CC2)cc1OC. The number of carbonyl (C=O) groups excluding carboxylic acids is 1. The molecule has 0 radical (unpaired) electrons. The number of hydrogen-bond acceptors (Lipinski definition) is 6. The largest absolute Gasteiger partial charge is 0.493 e. The summed E-state index contributed by atoms with van der Waals surface area (Å²) < 4.78 is 16.7. The zero-order valence-corrected chi connectivity index (χ0v) is 20.6. The molecule has 7 nitrogen and oxygen atoms in total. The van der Waals surface area contributed by atoms with Gasteiger partial charge in [0, 0.05) is 39.3 Å². The fourth-order valence-electron chi connectivity index (χ4n) is 4.02. The van der Waals surface area contributed by atoms with Gasteiger partial charge in [0.1, 0.15) is 12.4 Å². The summed E-state index contributed by atoms with van der Waals surface area (Å²) in [6.45, 7) is 9.87. The second kappa shape index (κ2) is 11.9. The molecule has 1 aliphatic heterocycles. The molecule has 7 heteroatoms. The maximum atomic E-state index is 12.8. The Hall–Kier alpha value is -2.77. The third kappa shape index (κ3) is 7.11. The Bertz CT molecular complexity index is 926. The number of rotatable bonds is 10. The maximum Gasteiger partial charge on any atom is 0.236 e. The lowest BCUT2D eigenvalue weighted by atomic mass is 10.1. The summed E-state index contributed by atoms with van der Waals surface area (Å²) in [5.74, 6) is 2.55. The maximum absolute atomic E-state index is 12.8. The smallest absolute Gasteiger partial charge is 0.236 e. The molecule has 2 aromatic rings. The van der Waals surface area contributed by atoms with Crippen molar-refractivity contribution in [2.75, 3.05) is 67.1 Å². The van der Waals surface area contributed by atoms with Gasteiger partial charge < -0.3 is 19.1 Å². The van der Waals surface area contributed by atoms with Crippen molar-refractivity contribution < 1.29 is 19.0 Å². The van der Waals surface area contributed by atoms with E-state index in [0.717, 1.165) is 50.0 Å². The number of aryl methyl sites for hydroxylation is 2. The molecular formula is C26H37N3O4. The van der Waals surface area contributed by atoms with Crippen molar-refractivity contribution in [2.24, 2.45) is 0 Å². The first-order chi connectivity index (χ1) is 15.9. The zero-order valence-electron chi connectivity index (χ0n) is 20.6. The van der Waals surface area contributed by atoms with Crippen LogP contribution in [0.4, 0.5) is 0 Å². The summed E-state index contributed by atoms with van der Waals surface area (Å²) in [6, 6.07) is 12.1. The van der Waals surface area contributed by atoms with E-state index in [-0.39, 0.29) is 5.91 Å². The molecule has 0 aromatic heterocycles. The van der Waals surface area contributed by atoms with Crippen molar-refractivity contribution in [2.45, 2.75) is 20.4 Å². The first-order valence-corrected chi connectivity index (χ1v) is 11.5. The monoisotopic (exact) mass is 455 g/mol. The highest BCUT2D eigenvalue weighted by atomic mass is 16.5. The number of ether oxygens (including phenoxy) is 3. The van der Waals surface area contributed by atoms with Crippen molar-refractivity contribution in [3.63, 3.8) is 0 Å². The predicted molar refractivity (Wildman–Crippen MR) is 130 cm³/mol. The van der Waals surface area contributed by atoms with Crippen LogP contribution in [0.1, 0.15) is 16.7 Å². The predicted octanol–water partition coefficient (Wildman–Crippen LogP) is 2.98. The molecule has 0 saturated carbocycles. The Kier molecular flexibility index (Phi) is 8.97. The second-order valence-electron chi connectivity index (χ2n) is 8.69. The summed E-state index contributed by atoms with van der Waals surface area (Å²) in [6.07, 6.45) is 0. The van der Waals surface area contributed by atoms with E-state index in [1.54, 1.807) is 14.2 Å². The molecule has 1 aliphatic rings. The average molecular weight is 456 g/mol. The number of hydrogen-bond donors (Lipinski definition) is 0. The molecule has 3 rings (SSSR count). The van der Waals surface area contributed by atoms with Gasteiger partial charge in [0.2, 0.25) is 5.91 Å². The molecule has 1 saturated heterocycles. The quantitative estimate of drug-likeness (QED) is 0.549. The van der Waals surface area contributed by atoms with Gasteiger partial charge in [-0.3, -0.25) is 14.6 Å². The Balaban J connectivity index is 1.41. The van der Waals surface area contributed by atoms with Crippen LogP contribution >= 0.6 is 0 Å². The van der Waals surface area contributed by atoms with Gasteiger partial charge in [-0.15, -0.1) is 0 Å². The number of benzene rings is 2. The number of nitrogens with zero attached hydrogens (tertiary/aromatic N) is 3. The van der Waals surface area contributed by atoms with Crippen LogP contribution in [-0.2, 0) is 11.3 Å². The van der Waals surface area contributed by atoms with Gasteiger partial charge in [-0.1, -0.05) is 12.1 Å². The summed E-state index contributed by atoms with van der Waals surface area (Å²) in [5.41, 5.74) is 3.58. The van der Waals surface area contributed by atoms with E-state index in [9.17, 15) is 4.79 Å². The molecule has 180 valence electrons. The number of carbonyl (C=O) groups is 1. The molecule has 33 heavy (non-hydrogen) atoms. The zero-order chi connectivity index (χ0) is 23.8. The number of methoxy groups -OCH3 is 2. The highest BCUT2D eigenvalue weighted by molar-refractivity contribution is 5.78. The lowest BCUT2D eigenvalue weighted by Gasteiger charge is -2.35. The van der Waals surface area contributed by atoms with E-state index in [0.29, 0.717) is 19.7 Å². The molecule has 1 fully saturated rings. The third-order valence-corrected chi connectivity index (χ3v) is 6.10. The van der Waals surface area contributed by atoms with Crippen LogP contribution in [0.3, 0.4) is 0 Å². The van der Waals surface area contributed by atoms with Crippen LogP contribution in [0.5, 0.6) is 17.2 Å². The van der Waals surface area contributed by atoms with Crippen LogP contribution in [-0.4, -0.2) is 87.7 Å². The molecule has 1 heterocycles. The number of likely N-dealkylation sites (N-methyl/N-ethyl adjacent to an activating group) is 1. The van der Waals surface area contributed by atoms with Crippen molar-refractivity contribution in [1.82, 2.24) is 14.7 Å². The van der Waals surface area contributed by atoms with Crippen LogP contribution in [0.2, 0.25) is 0 Å². The first kappa shape index (κ1) is 24.9. The van der Waals surface area contributed by atoms with Gasteiger partial charge in [0.05, 0.1) is 20.8 Å². The van der Waals surface area contributed by atoms with Gasteiger partial charge in [0.15, 0.2) is 11.5 Å². The molecular weight excluding hydrogens is 418 g/mol. The van der Waals surface area contributed by atoms with Gasteiger partial charge in [-0.25, -0.2) is 0 Å². The minimum Gasteiger partial charge on any atom is -0.493 e. The molecule has 0 spiro atoms. The fourth-order valence-corrected chi connectivity index (χ4v) is 4.02. The van der Waals surface area contributed by atoms with Crippen LogP contribution in [0, 0.1) is 13.8 Å². The van der Waals surface area contributed by atoms with Crippen molar-refractivity contribution in [1.29, 1.82) is 0 Å². The molecule has 2 aromatic carbocycles. The van der Waals surface area contributed by atoms with E-state index in [4.69, 9.17) is 14.2 Å². The molecule has 1 amide bonds. The van der Waals surface area contributed by atoms with Crippen molar-refractivity contribution in [3.05, 3.63) is 53.1 Å². The summed E-state index contributed by atoms with van der Waals surface area (Å²) in [4.78, 5) is 19.1. The lowest BCUT2D eigenvalue weighted by Crippen LogP contribution is -2.50. The minimum absolute atomic E-state index is 0.176. The third-order valence-electron chi connectivity index (χ3n) is 6.10. The highest BCUT2D eigenvalue weighted by Gasteiger charge is 2.22. The van der Waals surface area contributed by atoms with Crippen LogP contribution < -0.4 is 14.2 Å². The van der Waals surface area contributed by atoms with E-state index in [1.807, 2.05) is 54.1 Å². The Morgan fingerprint density at radius 2 is 1.70 bits per heavy atom. The normalized spacial score (nSPS) is 14.4. The number of piperazine rings is 1. The van der Waals surface area contributed by atoms with E-state index < -0.39 is 0 Å². The topological polar surface area (TPSA) is 54.5 Å². The standard InChI is InChI=1S/C26H37N3O4/c1-20-7-6-8-23(15-20)33-14-13-27(3)19-26(30)29-11-9-28(10-12-29)18-22-17-25(32-5)24(31-4)16-21(22)2/h6-8,15-17H,9-14,18-19H2,1-5H3. The first-order valence-electron chi connectivity index (χ1n) is 11.5. The number of amides is 1. The summed E-state index contributed by atoms with van der Waals surface area (Å²) >= 11 is 0. The second-order valence-corrected chi connectivity index (χ2v) is 8.69. The van der Waals surface area contributed by atoms with Gasteiger partial charge in [-0.2, -0.15) is 0 Å². The van der Waals surface area contributed by atoms with E-state index in [1.165, 1.54) is 16.7 Å². The van der Waals surface area contributed by atoms with Gasteiger partial charge in [0.25, 0.3) is 0 Å². The minimum atomic E-state index is 0.176. The summed E-state index contributed by atoms with van der Waals surface area (Å²) in [5, 5.41) is 0. The Morgan fingerprint density at radius 1 is 1.00 bits per heavy atom. The van der Waals surface area contributed by atoms with Crippen LogP contribution in [0.15, 0.2) is 36.4 Å². The van der Waals surface area contributed by atoms with E-state index >= 15 is 0 Å².